The maximum absolute atomic E-state index is 6.55. The molecule has 234 valence electrons. The summed E-state index contributed by atoms with van der Waals surface area (Å²) in [5.74, 6) is 0. The number of para-hydroxylation sites is 2. The SMILES string of the molecule is c1ccc(-c2ccc(N(c3ccc(-c4ccc5ccc6c7ccccc7ccc6c5c4)cc3)c3cccc4c3oc3ccccc34)cc2)cc1. The molecule has 10 rings (SSSR count). The van der Waals surface area contributed by atoms with Crippen LogP contribution in [0.2, 0.25) is 0 Å². The van der Waals surface area contributed by atoms with E-state index < -0.39 is 0 Å². The van der Waals surface area contributed by atoms with Crippen LogP contribution in [-0.2, 0) is 0 Å². The van der Waals surface area contributed by atoms with E-state index in [1.165, 1.54) is 54.6 Å². The first-order valence-electron chi connectivity index (χ1n) is 17.1. The smallest absolute Gasteiger partial charge is 0.159 e. The Morgan fingerprint density at radius 1 is 0.320 bits per heavy atom. The lowest BCUT2D eigenvalue weighted by Crippen LogP contribution is -2.10. The van der Waals surface area contributed by atoms with Crippen molar-refractivity contribution in [3.8, 4) is 22.3 Å². The van der Waals surface area contributed by atoms with Gasteiger partial charge in [0.2, 0.25) is 0 Å². The van der Waals surface area contributed by atoms with E-state index in [0.717, 1.165) is 39.0 Å². The van der Waals surface area contributed by atoms with Crippen molar-refractivity contribution >= 4 is 71.3 Å². The van der Waals surface area contributed by atoms with Gasteiger partial charge in [-0.1, -0.05) is 146 Å². The largest absolute Gasteiger partial charge is 0.454 e. The molecular formula is C48H31NO. The second-order valence-electron chi connectivity index (χ2n) is 12.9. The van der Waals surface area contributed by atoms with Crippen molar-refractivity contribution in [1.29, 1.82) is 0 Å². The fourth-order valence-electron chi connectivity index (χ4n) is 7.57. The van der Waals surface area contributed by atoms with Crippen LogP contribution >= 0.6 is 0 Å². The highest BCUT2D eigenvalue weighted by atomic mass is 16.3. The Morgan fingerprint density at radius 3 is 1.62 bits per heavy atom. The number of anilines is 3. The minimum Gasteiger partial charge on any atom is -0.454 e. The Balaban J connectivity index is 1.10. The molecule has 9 aromatic carbocycles. The molecule has 0 bridgehead atoms. The molecule has 0 saturated heterocycles. The second-order valence-corrected chi connectivity index (χ2v) is 12.9. The predicted molar refractivity (Wildman–Crippen MR) is 212 cm³/mol. The topological polar surface area (TPSA) is 16.4 Å². The number of fused-ring (bicyclic) bond motifs is 8. The van der Waals surface area contributed by atoms with Gasteiger partial charge in [-0.15, -0.1) is 0 Å². The normalized spacial score (nSPS) is 11.6. The summed E-state index contributed by atoms with van der Waals surface area (Å²) < 4.78 is 6.55. The molecule has 1 heterocycles. The van der Waals surface area contributed by atoms with Crippen LogP contribution in [0.25, 0.3) is 76.5 Å². The zero-order chi connectivity index (χ0) is 33.0. The molecule has 0 aliphatic carbocycles. The van der Waals surface area contributed by atoms with Crippen LogP contribution in [-0.4, -0.2) is 0 Å². The molecule has 0 radical (unpaired) electrons. The van der Waals surface area contributed by atoms with Crippen LogP contribution in [0.3, 0.4) is 0 Å². The number of hydrogen-bond donors (Lipinski definition) is 0. The Hall–Kier alpha value is -6.64. The van der Waals surface area contributed by atoms with E-state index >= 15 is 0 Å². The van der Waals surface area contributed by atoms with Gasteiger partial charge in [0.05, 0.1) is 5.69 Å². The predicted octanol–water partition coefficient (Wildman–Crippen LogP) is 13.8. The molecule has 0 unspecified atom stereocenters. The molecule has 0 aliphatic rings. The maximum atomic E-state index is 6.55. The van der Waals surface area contributed by atoms with E-state index in [1.807, 2.05) is 12.1 Å². The molecule has 2 heteroatoms. The van der Waals surface area contributed by atoms with Gasteiger partial charge < -0.3 is 9.32 Å². The van der Waals surface area contributed by atoms with Gasteiger partial charge in [-0.3, -0.25) is 0 Å². The molecule has 50 heavy (non-hydrogen) atoms. The molecule has 0 aliphatic heterocycles. The van der Waals surface area contributed by atoms with Gasteiger partial charge in [-0.2, -0.15) is 0 Å². The number of benzene rings is 9. The standard InChI is InChI=1S/C48H31NO/c1-2-9-32(10-3-1)33-19-25-38(26-20-33)49(46-15-8-14-44-43-13-6-7-16-47(43)50-48(44)46)39-27-21-34(22-28-39)37-18-17-36-24-29-41-40-12-5-4-11-35(40)23-30-42(41)45(36)31-37/h1-31H. The summed E-state index contributed by atoms with van der Waals surface area (Å²) in [4.78, 5) is 2.31. The lowest BCUT2D eigenvalue weighted by Gasteiger charge is -2.26. The number of nitrogens with zero attached hydrogens (tertiary/aromatic N) is 1. The highest BCUT2D eigenvalue weighted by molar-refractivity contribution is 6.18. The van der Waals surface area contributed by atoms with E-state index in [1.54, 1.807) is 0 Å². The molecule has 1 aromatic heterocycles. The Morgan fingerprint density at radius 2 is 0.860 bits per heavy atom. The minimum atomic E-state index is 0.874. The van der Waals surface area contributed by atoms with Crippen LogP contribution in [0.4, 0.5) is 17.1 Å². The first kappa shape index (κ1) is 28.4. The summed E-state index contributed by atoms with van der Waals surface area (Å²) in [7, 11) is 0. The van der Waals surface area contributed by atoms with Crippen LogP contribution in [0.15, 0.2) is 192 Å². The van der Waals surface area contributed by atoms with Crippen LogP contribution in [0, 0.1) is 0 Å². The van der Waals surface area contributed by atoms with Crippen LogP contribution < -0.4 is 4.90 Å². The first-order valence-corrected chi connectivity index (χ1v) is 17.1. The fourth-order valence-corrected chi connectivity index (χ4v) is 7.57. The molecule has 0 N–H and O–H groups in total. The van der Waals surface area contributed by atoms with Crippen molar-refractivity contribution < 1.29 is 4.42 Å². The van der Waals surface area contributed by atoms with Gasteiger partial charge >= 0.3 is 0 Å². The number of rotatable bonds is 5. The van der Waals surface area contributed by atoms with E-state index in [2.05, 4.69) is 181 Å². The molecule has 0 amide bonds. The molecule has 0 saturated carbocycles. The first-order chi connectivity index (χ1) is 24.8. The van der Waals surface area contributed by atoms with Crippen molar-refractivity contribution in [2.45, 2.75) is 0 Å². The Labute approximate surface area is 290 Å². The fraction of sp³-hybridized carbons (Fsp3) is 0. The lowest BCUT2D eigenvalue weighted by atomic mass is 9.94. The van der Waals surface area contributed by atoms with E-state index in [4.69, 9.17) is 4.42 Å². The van der Waals surface area contributed by atoms with Crippen LogP contribution in [0.1, 0.15) is 0 Å². The third kappa shape index (κ3) is 4.65. The molecular weight excluding hydrogens is 607 g/mol. The number of furan rings is 1. The second kappa shape index (κ2) is 11.5. The molecule has 10 aromatic rings. The van der Waals surface area contributed by atoms with Crippen LogP contribution in [0.5, 0.6) is 0 Å². The summed E-state index contributed by atoms with van der Waals surface area (Å²) in [6.45, 7) is 0. The lowest BCUT2D eigenvalue weighted by molar-refractivity contribution is 0.669. The molecule has 2 nitrogen and oxygen atoms in total. The zero-order valence-electron chi connectivity index (χ0n) is 27.3. The van der Waals surface area contributed by atoms with Gasteiger partial charge in [0.15, 0.2) is 5.58 Å². The average molecular weight is 638 g/mol. The van der Waals surface area contributed by atoms with Gasteiger partial charge in [0.1, 0.15) is 5.58 Å². The minimum absolute atomic E-state index is 0.874. The highest BCUT2D eigenvalue weighted by Crippen LogP contribution is 2.43. The van der Waals surface area contributed by atoms with Crippen molar-refractivity contribution in [3.63, 3.8) is 0 Å². The third-order valence-corrected chi connectivity index (χ3v) is 10.1. The summed E-state index contributed by atoms with van der Waals surface area (Å²) in [6.07, 6.45) is 0. The summed E-state index contributed by atoms with van der Waals surface area (Å²) in [5, 5.41) is 9.87. The molecule has 0 atom stereocenters. The van der Waals surface area contributed by atoms with Crippen molar-refractivity contribution in [3.05, 3.63) is 188 Å². The van der Waals surface area contributed by atoms with E-state index in [0.29, 0.717) is 0 Å². The van der Waals surface area contributed by atoms with Crippen molar-refractivity contribution in [2.75, 3.05) is 4.90 Å². The average Bonchev–Trinajstić information content (AvgIpc) is 3.58. The Bertz CT molecular complexity index is 2850. The summed E-state index contributed by atoms with van der Waals surface area (Å²) >= 11 is 0. The molecule has 0 spiro atoms. The third-order valence-electron chi connectivity index (χ3n) is 10.1. The van der Waals surface area contributed by atoms with E-state index in [9.17, 15) is 0 Å². The van der Waals surface area contributed by atoms with Gasteiger partial charge in [-0.05, 0) is 97.0 Å². The molecule has 0 fully saturated rings. The maximum Gasteiger partial charge on any atom is 0.159 e. The highest BCUT2D eigenvalue weighted by Gasteiger charge is 2.19. The Kier molecular flexibility index (Phi) is 6.53. The summed E-state index contributed by atoms with van der Waals surface area (Å²) in [5.41, 5.74) is 9.65. The van der Waals surface area contributed by atoms with Gasteiger partial charge in [-0.25, -0.2) is 0 Å². The van der Waals surface area contributed by atoms with Gasteiger partial charge in [0.25, 0.3) is 0 Å². The quantitative estimate of drug-likeness (QED) is 0.175. The van der Waals surface area contributed by atoms with E-state index in [-0.39, 0.29) is 0 Å². The summed E-state index contributed by atoms with van der Waals surface area (Å²) in [6, 6.07) is 67.4. The van der Waals surface area contributed by atoms with Crippen molar-refractivity contribution in [1.82, 2.24) is 0 Å². The zero-order valence-corrected chi connectivity index (χ0v) is 27.3. The van der Waals surface area contributed by atoms with Gasteiger partial charge in [0, 0.05) is 22.1 Å². The number of hydrogen-bond acceptors (Lipinski definition) is 2. The van der Waals surface area contributed by atoms with Crippen molar-refractivity contribution in [2.24, 2.45) is 0 Å². The monoisotopic (exact) mass is 637 g/mol.